The molecule has 0 aromatic heterocycles. The normalized spacial score (nSPS) is 9.74. The van der Waals surface area contributed by atoms with Crippen molar-refractivity contribution in [2.75, 3.05) is 14.2 Å². The lowest BCUT2D eigenvalue weighted by molar-refractivity contribution is -0.136. The number of carbonyl (C=O) groups is 4. The largest absolute Gasteiger partial charge is 0.478 e. The third kappa shape index (κ3) is 16.1. The van der Waals surface area contributed by atoms with Crippen molar-refractivity contribution in [2.24, 2.45) is 5.92 Å². The van der Waals surface area contributed by atoms with Gasteiger partial charge in [0.05, 0.1) is 25.4 Å². The molecule has 8 nitrogen and oxygen atoms in total. The first-order valence-electron chi connectivity index (χ1n) is 7.65. The number of esters is 2. The molecule has 0 aromatic rings. The van der Waals surface area contributed by atoms with Crippen LogP contribution in [0.2, 0.25) is 0 Å². The summed E-state index contributed by atoms with van der Waals surface area (Å²) in [7, 11) is 2.62. The number of hydrogen-bond donors (Lipinski definition) is 2. The highest BCUT2D eigenvalue weighted by Crippen LogP contribution is 2.18. The Kier molecular flexibility index (Phi) is 17.3. The van der Waals surface area contributed by atoms with Crippen molar-refractivity contribution in [3.8, 4) is 0 Å². The molecular weight excluding hydrogens is 356 g/mol. The molecule has 152 valence electrons. The molecule has 0 atom stereocenters. The highest BCUT2D eigenvalue weighted by Gasteiger charge is 2.21. The van der Waals surface area contributed by atoms with E-state index in [-0.39, 0.29) is 17.1 Å². The van der Waals surface area contributed by atoms with Gasteiger partial charge in [0.2, 0.25) is 0 Å². The second-order valence-electron chi connectivity index (χ2n) is 5.27. The molecule has 0 heterocycles. The second kappa shape index (κ2) is 16.3. The second-order valence-corrected chi connectivity index (χ2v) is 5.27. The molecule has 0 amide bonds. The van der Waals surface area contributed by atoms with E-state index in [0.29, 0.717) is 0 Å². The van der Waals surface area contributed by atoms with E-state index in [1.165, 1.54) is 20.3 Å². The Morgan fingerprint density at radius 2 is 1.22 bits per heavy atom. The van der Waals surface area contributed by atoms with Crippen LogP contribution in [0.3, 0.4) is 0 Å². The number of rotatable bonds is 6. The molecule has 0 aliphatic heterocycles. The summed E-state index contributed by atoms with van der Waals surface area (Å²) in [6, 6.07) is 0. The lowest BCUT2D eigenvalue weighted by atomic mass is 9.96. The highest BCUT2D eigenvalue weighted by atomic mass is 16.5. The Morgan fingerprint density at radius 1 is 0.852 bits per heavy atom. The molecule has 0 radical (unpaired) electrons. The Hall–Kier alpha value is -3.16. The molecule has 0 saturated heterocycles. The van der Waals surface area contributed by atoms with Crippen molar-refractivity contribution in [3.05, 3.63) is 48.1 Å². The molecule has 0 unspecified atom stereocenters. The minimum absolute atomic E-state index is 0.0660. The molecule has 27 heavy (non-hydrogen) atoms. The quantitative estimate of drug-likeness (QED) is 0.406. The molecule has 0 fully saturated rings. The molecule has 0 aromatic carbocycles. The summed E-state index contributed by atoms with van der Waals surface area (Å²) in [6.07, 6.45) is 3.60. The van der Waals surface area contributed by atoms with Crippen LogP contribution in [0.4, 0.5) is 0 Å². The van der Waals surface area contributed by atoms with Crippen LogP contribution in [0.25, 0.3) is 0 Å². The monoisotopic (exact) mass is 384 g/mol. The lowest BCUT2D eigenvalue weighted by Crippen LogP contribution is -2.14. The van der Waals surface area contributed by atoms with Crippen molar-refractivity contribution in [3.63, 3.8) is 0 Å². The van der Waals surface area contributed by atoms with E-state index in [0.717, 1.165) is 17.7 Å². The molecule has 0 aliphatic rings. The maximum Gasteiger partial charge on any atom is 0.336 e. The summed E-state index contributed by atoms with van der Waals surface area (Å²) < 4.78 is 8.28. The number of aliphatic carboxylic acids is 2. The minimum Gasteiger partial charge on any atom is -0.478 e. The SMILES string of the molecule is C=CC(=O)OC.C=CC(=O)OC.CC(C)=C/C(C(=O)O)=C(/C(=O)O)C(C)C. The number of allylic oxidation sites excluding steroid dienone is 1. The van der Waals surface area contributed by atoms with Gasteiger partial charge in [-0.2, -0.15) is 0 Å². The van der Waals surface area contributed by atoms with Gasteiger partial charge in [-0.3, -0.25) is 0 Å². The van der Waals surface area contributed by atoms with Crippen molar-refractivity contribution >= 4 is 23.9 Å². The van der Waals surface area contributed by atoms with Gasteiger partial charge in [0.25, 0.3) is 0 Å². The summed E-state index contributed by atoms with van der Waals surface area (Å²) in [5.74, 6) is -3.50. The Labute approximate surface area is 159 Å². The van der Waals surface area contributed by atoms with Gasteiger partial charge >= 0.3 is 23.9 Å². The zero-order valence-corrected chi connectivity index (χ0v) is 16.6. The van der Waals surface area contributed by atoms with Crippen LogP contribution in [0.1, 0.15) is 27.7 Å². The third-order valence-corrected chi connectivity index (χ3v) is 2.50. The van der Waals surface area contributed by atoms with Crippen LogP contribution in [-0.2, 0) is 28.7 Å². The van der Waals surface area contributed by atoms with Gasteiger partial charge in [-0.15, -0.1) is 0 Å². The maximum atomic E-state index is 10.9. The predicted octanol–water partition coefficient (Wildman–Crippen LogP) is 2.77. The first kappa shape index (κ1) is 28.6. The van der Waals surface area contributed by atoms with Crippen LogP contribution < -0.4 is 0 Å². The van der Waals surface area contributed by atoms with E-state index in [9.17, 15) is 19.2 Å². The number of carbonyl (C=O) groups excluding carboxylic acids is 2. The maximum absolute atomic E-state index is 10.9. The first-order valence-corrected chi connectivity index (χ1v) is 7.65. The lowest BCUT2D eigenvalue weighted by Gasteiger charge is -2.09. The molecule has 2 N–H and O–H groups in total. The van der Waals surface area contributed by atoms with Crippen LogP contribution >= 0.6 is 0 Å². The summed E-state index contributed by atoms with van der Waals surface area (Å²) >= 11 is 0. The van der Waals surface area contributed by atoms with E-state index < -0.39 is 23.9 Å². The van der Waals surface area contributed by atoms with Crippen LogP contribution in [0, 0.1) is 5.92 Å². The Bertz CT molecular complexity index is 585. The zero-order valence-electron chi connectivity index (χ0n) is 16.6. The fourth-order valence-electron chi connectivity index (χ4n) is 1.38. The number of hydrogen-bond acceptors (Lipinski definition) is 6. The number of ether oxygens (including phenoxy) is 2. The molecule has 0 aliphatic carbocycles. The number of carboxylic acids is 2. The average molecular weight is 384 g/mol. The van der Waals surface area contributed by atoms with Crippen molar-refractivity contribution in [2.45, 2.75) is 27.7 Å². The fraction of sp³-hybridized carbons (Fsp3) is 0.368. The highest BCUT2D eigenvalue weighted by molar-refractivity contribution is 6.01. The van der Waals surface area contributed by atoms with Gasteiger partial charge in [0, 0.05) is 12.2 Å². The summed E-state index contributed by atoms with van der Waals surface area (Å²) in [4.78, 5) is 41.5. The van der Waals surface area contributed by atoms with Crippen LogP contribution in [0.5, 0.6) is 0 Å². The Morgan fingerprint density at radius 3 is 1.33 bits per heavy atom. The van der Waals surface area contributed by atoms with Gasteiger partial charge in [-0.1, -0.05) is 32.6 Å². The third-order valence-electron chi connectivity index (χ3n) is 2.50. The Balaban J connectivity index is -0.000000394. The average Bonchev–Trinajstić information content (AvgIpc) is 2.59. The minimum atomic E-state index is -1.21. The van der Waals surface area contributed by atoms with Crippen molar-refractivity contribution in [1.82, 2.24) is 0 Å². The molecule has 0 rings (SSSR count). The van der Waals surface area contributed by atoms with Crippen molar-refractivity contribution < 1.29 is 38.9 Å². The van der Waals surface area contributed by atoms with Crippen LogP contribution in [-0.4, -0.2) is 48.3 Å². The summed E-state index contributed by atoms with van der Waals surface area (Å²) in [6.45, 7) is 13.1. The van der Waals surface area contributed by atoms with Gasteiger partial charge in [0.15, 0.2) is 0 Å². The molecular formula is C19H28O8. The van der Waals surface area contributed by atoms with Gasteiger partial charge in [0.1, 0.15) is 0 Å². The summed E-state index contributed by atoms with van der Waals surface area (Å²) in [5.41, 5.74) is 0.549. The number of carboxylic acid groups (broad SMARTS) is 2. The van der Waals surface area contributed by atoms with Crippen LogP contribution in [0.15, 0.2) is 48.1 Å². The van der Waals surface area contributed by atoms with Gasteiger partial charge < -0.3 is 19.7 Å². The van der Waals surface area contributed by atoms with Gasteiger partial charge in [-0.25, -0.2) is 19.2 Å². The molecule has 0 bridgehead atoms. The van der Waals surface area contributed by atoms with E-state index in [4.69, 9.17) is 10.2 Å². The fourth-order valence-corrected chi connectivity index (χ4v) is 1.38. The van der Waals surface area contributed by atoms with E-state index in [2.05, 4.69) is 22.6 Å². The standard InChI is InChI=1S/C11H16O4.2C4H6O2/c1-6(2)5-8(10(12)13)9(7(3)4)11(14)15;2*1-3-4(5)6-2/h5,7H,1-4H3,(H,12,13)(H,14,15);2*3H,1H2,2H3/b9-8-;;. The van der Waals surface area contributed by atoms with Gasteiger partial charge in [-0.05, 0) is 25.8 Å². The van der Waals surface area contributed by atoms with E-state index >= 15 is 0 Å². The molecule has 0 saturated carbocycles. The number of methoxy groups -OCH3 is 2. The first-order chi connectivity index (χ1) is 12.4. The van der Waals surface area contributed by atoms with E-state index in [1.807, 2.05) is 0 Å². The predicted molar refractivity (Wildman–Crippen MR) is 101 cm³/mol. The zero-order chi connectivity index (χ0) is 22.2. The molecule has 8 heteroatoms. The van der Waals surface area contributed by atoms with E-state index in [1.54, 1.807) is 27.7 Å². The van der Waals surface area contributed by atoms with Crippen molar-refractivity contribution in [1.29, 1.82) is 0 Å². The smallest absolute Gasteiger partial charge is 0.336 e. The molecule has 0 spiro atoms. The topological polar surface area (TPSA) is 127 Å². The summed E-state index contributed by atoms with van der Waals surface area (Å²) in [5, 5.41) is 17.8.